The molecule has 0 atom stereocenters. The topological polar surface area (TPSA) is 25.8 Å². The highest BCUT2D eigenvalue weighted by molar-refractivity contribution is 5.58. The summed E-state index contributed by atoms with van der Waals surface area (Å²) in [6, 6.07) is 11.9. The van der Waals surface area contributed by atoms with Gasteiger partial charge < -0.3 is 0 Å². The van der Waals surface area contributed by atoms with Crippen molar-refractivity contribution in [2.75, 3.05) is 0 Å². The number of benzene rings is 1. The average Bonchev–Trinajstić information content (AvgIpc) is 2.19. The van der Waals surface area contributed by atoms with Crippen LogP contribution in [0.2, 0.25) is 0 Å². The van der Waals surface area contributed by atoms with Crippen molar-refractivity contribution in [2.45, 2.75) is 0 Å². The van der Waals surface area contributed by atoms with Crippen LogP contribution in [0.25, 0.3) is 11.3 Å². The van der Waals surface area contributed by atoms with Gasteiger partial charge in [-0.1, -0.05) is 30.3 Å². The van der Waals surface area contributed by atoms with Gasteiger partial charge in [0.1, 0.15) is 5.82 Å². The van der Waals surface area contributed by atoms with E-state index in [1.54, 1.807) is 6.20 Å². The van der Waals surface area contributed by atoms with Crippen LogP contribution < -0.4 is 0 Å². The molecule has 13 heavy (non-hydrogen) atoms. The molecule has 1 aromatic heterocycles. The molecular weight excluding hydrogens is 160 g/mol. The van der Waals surface area contributed by atoms with Crippen molar-refractivity contribution in [3.8, 4) is 11.3 Å². The minimum Gasteiger partial charge on any atom is -0.241 e. The first-order valence-corrected chi connectivity index (χ1v) is 4.07. The second-order valence-electron chi connectivity index (χ2n) is 2.72. The third kappa shape index (κ3) is 1.72. The molecule has 2 heteroatoms. The Hall–Kier alpha value is -1.70. The van der Waals surface area contributed by atoms with E-state index in [9.17, 15) is 0 Å². The fourth-order valence-corrected chi connectivity index (χ4v) is 1.17. The van der Waals surface area contributed by atoms with Gasteiger partial charge >= 0.3 is 0 Å². The Morgan fingerprint density at radius 2 is 1.77 bits per heavy atom. The van der Waals surface area contributed by atoms with Gasteiger partial charge in [-0.15, -0.1) is 0 Å². The largest absolute Gasteiger partial charge is 0.241 e. The zero-order chi connectivity index (χ0) is 9.10. The predicted molar refractivity (Wildman–Crippen MR) is 51.9 cm³/mol. The SMILES string of the molecule is [CH2]c1nccc(-c2ccccc2)n1. The summed E-state index contributed by atoms with van der Waals surface area (Å²) >= 11 is 0. The highest BCUT2D eigenvalue weighted by Crippen LogP contribution is 2.14. The lowest BCUT2D eigenvalue weighted by atomic mass is 10.1. The zero-order valence-corrected chi connectivity index (χ0v) is 7.14. The predicted octanol–water partition coefficient (Wildman–Crippen LogP) is 2.33. The third-order valence-electron chi connectivity index (χ3n) is 1.78. The quantitative estimate of drug-likeness (QED) is 0.654. The van der Waals surface area contributed by atoms with Crippen LogP contribution in [0.1, 0.15) is 5.82 Å². The molecule has 1 heterocycles. The fourth-order valence-electron chi connectivity index (χ4n) is 1.17. The monoisotopic (exact) mass is 169 g/mol. The van der Waals surface area contributed by atoms with Crippen LogP contribution in [0, 0.1) is 6.92 Å². The van der Waals surface area contributed by atoms with Crippen molar-refractivity contribution in [1.82, 2.24) is 9.97 Å². The summed E-state index contributed by atoms with van der Waals surface area (Å²) in [6.45, 7) is 3.68. The number of aromatic nitrogens is 2. The van der Waals surface area contributed by atoms with Crippen LogP contribution in [0.15, 0.2) is 42.6 Å². The zero-order valence-electron chi connectivity index (χ0n) is 7.14. The molecule has 2 rings (SSSR count). The van der Waals surface area contributed by atoms with Crippen molar-refractivity contribution in [1.29, 1.82) is 0 Å². The van der Waals surface area contributed by atoms with Crippen LogP contribution in [0.5, 0.6) is 0 Å². The molecule has 0 aliphatic rings. The molecular formula is C11H9N2. The van der Waals surface area contributed by atoms with E-state index >= 15 is 0 Å². The number of hydrogen-bond acceptors (Lipinski definition) is 2. The molecule has 0 N–H and O–H groups in total. The van der Waals surface area contributed by atoms with Gasteiger partial charge in [0.25, 0.3) is 0 Å². The minimum absolute atomic E-state index is 0.557. The van der Waals surface area contributed by atoms with Crippen LogP contribution in [-0.2, 0) is 0 Å². The molecule has 0 aliphatic heterocycles. The van der Waals surface area contributed by atoms with Crippen molar-refractivity contribution < 1.29 is 0 Å². The summed E-state index contributed by atoms with van der Waals surface area (Å²) in [4.78, 5) is 8.16. The Morgan fingerprint density at radius 1 is 1.00 bits per heavy atom. The average molecular weight is 169 g/mol. The molecule has 0 spiro atoms. The Bertz CT molecular complexity index is 396. The maximum atomic E-state index is 4.22. The van der Waals surface area contributed by atoms with Gasteiger partial charge in [0.05, 0.1) is 5.69 Å². The smallest absolute Gasteiger partial charge is 0.129 e. The van der Waals surface area contributed by atoms with E-state index in [-0.39, 0.29) is 0 Å². The van der Waals surface area contributed by atoms with E-state index in [4.69, 9.17) is 0 Å². The Balaban J connectivity index is 2.48. The summed E-state index contributed by atoms with van der Waals surface area (Å²) in [5.74, 6) is 0.557. The maximum absolute atomic E-state index is 4.22. The fraction of sp³-hybridized carbons (Fsp3) is 0. The Morgan fingerprint density at radius 3 is 2.46 bits per heavy atom. The third-order valence-corrected chi connectivity index (χ3v) is 1.78. The normalized spacial score (nSPS) is 9.92. The van der Waals surface area contributed by atoms with E-state index in [1.165, 1.54) is 0 Å². The number of nitrogens with zero attached hydrogens (tertiary/aromatic N) is 2. The Kier molecular flexibility index (Phi) is 2.04. The second kappa shape index (κ2) is 3.35. The molecule has 0 saturated carbocycles. The van der Waals surface area contributed by atoms with Gasteiger partial charge in [-0.2, -0.15) is 0 Å². The summed E-state index contributed by atoms with van der Waals surface area (Å²) in [6.07, 6.45) is 1.72. The summed E-state index contributed by atoms with van der Waals surface area (Å²) in [5.41, 5.74) is 2.01. The highest BCUT2D eigenvalue weighted by atomic mass is 14.9. The molecule has 63 valence electrons. The number of rotatable bonds is 1. The van der Waals surface area contributed by atoms with Gasteiger partial charge in [0.2, 0.25) is 0 Å². The molecule has 0 aliphatic carbocycles. The molecule has 1 radical (unpaired) electrons. The van der Waals surface area contributed by atoms with Crippen molar-refractivity contribution >= 4 is 0 Å². The van der Waals surface area contributed by atoms with E-state index in [0.29, 0.717) is 5.82 Å². The minimum atomic E-state index is 0.557. The van der Waals surface area contributed by atoms with Crippen molar-refractivity contribution in [3.05, 3.63) is 55.3 Å². The highest BCUT2D eigenvalue weighted by Gasteiger charge is 1.97. The summed E-state index contributed by atoms with van der Waals surface area (Å²) < 4.78 is 0. The maximum Gasteiger partial charge on any atom is 0.129 e. The molecule has 1 aromatic carbocycles. The van der Waals surface area contributed by atoms with Gasteiger partial charge in [0.15, 0.2) is 0 Å². The van der Waals surface area contributed by atoms with Gasteiger partial charge in [-0.25, -0.2) is 9.97 Å². The van der Waals surface area contributed by atoms with Gasteiger partial charge in [0, 0.05) is 18.7 Å². The van der Waals surface area contributed by atoms with Crippen LogP contribution in [0.4, 0.5) is 0 Å². The first kappa shape index (κ1) is 7.92. The first-order valence-electron chi connectivity index (χ1n) is 4.07. The number of hydrogen-bond donors (Lipinski definition) is 0. The second-order valence-corrected chi connectivity index (χ2v) is 2.72. The van der Waals surface area contributed by atoms with E-state index in [1.807, 2.05) is 36.4 Å². The molecule has 0 saturated heterocycles. The van der Waals surface area contributed by atoms with Crippen molar-refractivity contribution in [3.63, 3.8) is 0 Å². The lowest BCUT2D eigenvalue weighted by Crippen LogP contribution is -1.88. The van der Waals surface area contributed by atoms with Crippen molar-refractivity contribution in [2.24, 2.45) is 0 Å². The lowest BCUT2D eigenvalue weighted by Gasteiger charge is -1.99. The summed E-state index contributed by atoms with van der Waals surface area (Å²) in [7, 11) is 0. The molecule has 2 aromatic rings. The van der Waals surface area contributed by atoms with Gasteiger partial charge in [-0.05, 0) is 6.07 Å². The van der Waals surface area contributed by atoms with Crippen LogP contribution in [0.3, 0.4) is 0 Å². The molecule has 2 nitrogen and oxygen atoms in total. The van der Waals surface area contributed by atoms with Gasteiger partial charge in [-0.3, -0.25) is 0 Å². The molecule has 0 amide bonds. The molecule has 0 bridgehead atoms. The molecule has 0 unspecified atom stereocenters. The van der Waals surface area contributed by atoms with E-state index in [2.05, 4.69) is 16.9 Å². The summed E-state index contributed by atoms with van der Waals surface area (Å²) in [5, 5.41) is 0. The van der Waals surface area contributed by atoms with E-state index in [0.717, 1.165) is 11.3 Å². The first-order chi connectivity index (χ1) is 6.36. The van der Waals surface area contributed by atoms with Crippen LogP contribution in [-0.4, -0.2) is 9.97 Å². The van der Waals surface area contributed by atoms with Crippen LogP contribution >= 0.6 is 0 Å². The lowest BCUT2D eigenvalue weighted by molar-refractivity contribution is 1.11. The van der Waals surface area contributed by atoms with E-state index < -0.39 is 0 Å². The Labute approximate surface area is 77.3 Å². The molecule has 0 fully saturated rings. The standard InChI is InChI=1S/C11H9N2/c1-9-12-8-7-11(13-9)10-5-3-2-4-6-10/h2-8H,1H2.